The zero-order valence-corrected chi connectivity index (χ0v) is 14.1. The van der Waals surface area contributed by atoms with Gasteiger partial charge in [0.2, 0.25) is 0 Å². The Hall–Kier alpha value is -0.130. The molecule has 0 spiro atoms. The Kier molecular flexibility index (Phi) is 4.53. The predicted octanol–water partition coefficient (Wildman–Crippen LogP) is 1.99. The fourth-order valence-corrected chi connectivity index (χ4v) is 4.57. The lowest BCUT2D eigenvalue weighted by Gasteiger charge is -2.35. The maximum Gasteiger partial charge on any atom is 0.155 e. The SMILES string of the molecule is CNCC1(CCS(=O)(=O)C(C)(C)C)CCOC1C1CC1. The highest BCUT2D eigenvalue weighted by Gasteiger charge is 2.51. The van der Waals surface area contributed by atoms with Crippen LogP contribution >= 0.6 is 0 Å². The first-order valence-corrected chi connectivity index (χ1v) is 9.36. The fraction of sp³-hybridized carbons (Fsp3) is 1.00. The molecule has 5 heteroatoms. The van der Waals surface area contributed by atoms with Crippen molar-refractivity contribution in [2.45, 2.75) is 57.3 Å². The van der Waals surface area contributed by atoms with Crippen molar-refractivity contribution in [1.82, 2.24) is 5.32 Å². The van der Waals surface area contributed by atoms with Crippen LogP contribution in [0.15, 0.2) is 0 Å². The number of sulfone groups is 1. The molecule has 2 fully saturated rings. The Morgan fingerprint density at radius 1 is 1.30 bits per heavy atom. The molecule has 1 saturated carbocycles. The van der Waals surface area contributed by atoms with E-state index in [-0.39, 0.29) is 17.3 Å². The molecule has 0 aromatic heterocycles. The molecule has 2 unspecified atom stereocenters. The van der Waals surface area contributed by atoms with Gasteiger partial charge in [-0.25, -0.2) is 8.42 Å². The van der Waals surface area contributed by atoms with E-state index in [1.807, 2.05) is 7.05 Å². The van der Waals surface area contributed by atoms with Crippen LogP contribution in [0.2, 0.25) is 0 Å². The molecule has 2 atom stereocenters. The predicted molar refractivity (Wildman–Crippen MR) is 81.6 cm³/mol. The molecule has 0 bridgehead atoms. The van der Waals surface area contributed by atoms with E-state index in [9.17, 15) is 8.42 Å². The molecule has 2 aliphatic rings. The maximum absolute atomic E-state index is 12.4. The summed E-state index contributed by atoms with van der Waals surface area (Å²) >= 11 is 0. The van der Waals surface area contributed by atoms with Crippen LogP contribution in [0.4, 0.5) is 0 Å². The zero-order valence-electron chi connectivity index (χ0n) is 13.2. The highest BCUT2D eigenvalue weighted by molar-refractivity contribution is 7.92. The van der Waals surface area contributed by atoms with Gasteiger partial charge < -0.3 is 10.1 Å². The van der Waals surface area contributed by atoms with Crippen molar-refractivity contribution in [3.63, 3.8) is 0 Å². The average Bonchev–Trinajstić information content (AvgIpc) is 3.09. The summed E-state index contributed by atoms with van der Waals surface area (Å²) in [5.74, 6) is 0.924. The minimum absolute atomic E-state index is 0.00817. The van der Waals surface area contributed by atoms with Crippen LogP contribution in [0.1, 0.15) is 46.5 Å². The minimum atomic E-state index is -3.05. The maximum atomic E-state index is 12.4. The lowest BCUT2D eigenvalue weighted by atomic mass is 9.76. The molecule has 0 aromatic rings. The molecule has 1 aliphatic heterocycles. The number of nitrogens with one attached hydrogen (secondary N) is 1. The second kappa shape index (κ2) is 5.58. The van der Waals surface area contributed by atoms with Crippen LogP contribution in [-0.4, -0.2) is 45.2 Å². The second-order valence-electron chi connectivity index (χ2n) is 7.45. The molecule has 1 heterocycles. The third-order valence-corrected chi connectivity index (χ3v) is 7.49. The summed E-state index contributed by atoms with van der Waals surface area (Å²) in [4.78, 5) is 0. The summed E-state index contributed by atoms with van der Waals surface area (Å²) in [6.07, 6.45) is 4.43. The van der Waals surface area contributed by atoms with E-state index in [0.29, 0.717) is 12.3 Å². The van der Waals surface area contributed by atoms with Crippen molar-refractivity contribution in [3.05, 3.63) is 0 Å². The Morgan fingerprint density at radius 3 is 2.45 bits per heavy atom. The monoisotopic (exact) mass is 303 g/mol. The van der Waals surface area contributed by atoms with Gasteiger partial charge in [0, 0.05) is 18.6 Å². The van der Waals surface area contributed by atoms with Gasteiger partial charge in [0.25, 0.3) is 0 Å². The lowest BCUT2D eigenvalue weighted by Crippen LogP contribution is -2.43. The van der Waals surface area contributed by atoms with Crippen LogP contribution in [0, 0.1) is 11.3 Å². The third-order valence-electron chi connectivity index (χ3n) is 4.88. The smallest absolute Gasteiger partial charge is 0.155 e. The minimum Gasteiger partial charge on any atom is -0.377 e. The van der Waals surface area contributed by atoms with E-state index < -0.39 is 14.6 Å². The highest BCUT2D eigenvalue weighted by atomic mass is 32.2. The van der Waals surface area contributed by atoms with Crippen LogP contribution < -0.4 is 5.32 Å². The van der Waals surface area contributed by atoms with Gasteiger partial charge in [-0.1, -0.05) is 0 Å². The van der Waals surface area contributed by atoms with E-state index in [1.54, 1.807) is 20.8 Å². The molecule has 118 valence electrons. The average molecular weight is 303 g/mol. The molecular weight excluding hydrogens is 274 g/mol. The molecule has 20 heavy (non-hydrogen) atoms. The molecule has 1 saturated heterocycles. The third kappa shape index (κ3) is 3.20. The molecule has 1 N–H and O–H groups in total. The van der Waals surface area contributed by atoms with Gasteiger partial charge in [-0.2, -0.15) is 0 Å². The zero-order chi connectivity index (χ0) is 15.0. The van der Waals surface area contributed by atoms with Gasteiger partial charge in [0.05, 0.1) is 16.6 Å². The van der Waals surface area contributed by atoms with E-state index in [0.717, 1.165) is 19.6 Å². The van der Waals surface area contributed by atoms with Crippen LogP contribution in [0.25, 0.3) is 0 Å². The topological polar surface area (TPSA) is 55.4 Å². The Balaban J connectivity index is 2.10. The van der Waals surface area contributed by atoms with E-state index in [2.05, 4.69) is 5.32 Å². The number of hydrogen-bond acceptors (Lipinski definition) is 4. The van der Waals surface area contributed by atoms with Gasteiger partial charge >= 0.3 is 0 Å². The number of hydrogen-bond donors (Lipinski definition) is 1. The lowest BCUT2D eigenvalue weighted by molar-refractivity contribution is 0.0299. The molecule has 0 amide bonds. The first kappa shape index (κ1) is 16.2. The molecule has 1 aliphatic carbocycles. The standard InChI is InChI=1S/C15H29NO3S/c1-14(2,3)20(17,18)10-8-15(11-16-4)7-9-19-13(15)12-5-6-12/h12-13,16H,5-11H2,1-4H3. The van der Waals surface area contributed by atoms with Crippen LogP contribution in [0.5, 0.6) is 0 Å². The summed E-state index contributed by atoms with van der Waals surface area (Å²) in [6.45, 7) is 7.00. The van der Waals surface area contributed by atoms with Crippen molar-refractivity contribution < 1.29 is 13.2 Å². The molecule has 2 rings (SSSR count). The molecule has 0 radical (unpaired) electrons. The Morgan fingerprint density at radius 2 is 1.95 bits per heavy atom. The van der Waals surface area contributed by atoms with Gasteiger partial charge in [0.1, 0.15) is 0 Å². The number of rotatable bonds is 6. The summed E-state index contributed by atoms with van der Waals surface area (Å²) in [5, 5.41) is 3.26. The van der Waals surface area contributed by atoms with Crippen LogP contribution in [0.3, 0.4) is 0 Å². The fourth-order valence-electron chi connectivity index (χ4n) is 3.28. The second-order valence-corrected chi connectivity index (χ2v) is 10.3. The van der Waals surface area contributed by atoms with E-state index in [4.69, 9.17) is 4.74 Å². The molecular formula is C15H29NO3S. The Labute approximate surface area is 123 Å². The van der Waals surface area contributed by atoms with Crippen molar-refractivity contribution >= 4 is 9.84 Å². The molecule has 0 aromatic carbocycles. The van der Waals surface area contributed by atoms with E-state index >= 15 is 0 Å². The van der Waals surface area contributed by atoms with Crippen molar-refractivity contribution in [2.24, 2.45) is 11.3 Å². The van der Waals surface area contributed by atoms with Crippen molar-refractivity contribution in [3.8, 4) is 0 Å². The van der Waals surface area contributed by atoms with Gasteiger partial charge in [-0.15, -0.1) is 0 Å². The van der Waals surface area contributed by atoms with E-state index in [1.165, 1.54) is 12.8 Å². The summed E-state index contributed by atoms with van der Waals surface area (Å²) in [6, 6.07) is 0. The summed E-state index contributed by atoms with van der Waals surface area (Å²) in [7, 11) is -1.11. The first-order valence-electron chi connectivity index (χ1n) is 7.70. The largest absolute Gasteiger partial charge is 0.377 e. The van der Waals surface area contributed by atoms with Crippen molar-refractivity contribution in [1.29, 1.82) is 0 Å². The van der Waals surface area contributed by atoms with Gasteiger partial charge in [-0.3, -0.25) is 0 Å². The summed E-state index contributed by atoms with van der Waals surface area (Å²) < 4.78 is 30.1. The normalized spacial score (nSPS) is 31.7. The highest BCUT2D eigenvalue weighted by Crippen LogP contribution is 2.49. The number of ether oxygens (including phenoxy) is 1. The van der Waals surface area contributed by atoms with Crippen molar-refractivity contribution in [2.75, 3.05) is 26.0 Å². The quantitative estimate of drug-likeness (QED) is 0.815. The van der Waals surface area contributed by atoms with Crippen LogP contribution in [-0.2, 0) is 14.6 Å². The first-order chi connectivity index (χ1) is 9.22. The van der Waals surface area contributed by atoms with Gasteiger partial charge in [-0.05, 0) is 59.4 Å². The molecule has 4 nitrogen and oxygen atoms in total. The summed E-state index contributed by atoms with van der Waals surface area (Å²) in [5.41, 5.74) is 0.00817. The van der Waals surface area contributed by atoms with Gasteiger partial charge in [0.15, 0.2) is 9.84 Å². The Bertz CT molecular complexity index is 437.